The zero-order valence-electron chi connectivity index (χ0n) is 10.4. The third kappa shape index (κ3) is 3.40. The fourth-order valence-corrected chi connectivity index (χ4v) is 2.84. The molecule has 0 aliphatic heterocycles. The van der Waals surface area contributed by atoms with Gasteiger partial charge in [-0.15, -0.1) is 11.3 Å². The van der Waals surface area contributed by atoms with Gasteiger partial charge < -0.3 is 5.11 Å². The van der Waals surface area contributed by atoms with Crippen LogP contribution >= 0.6 is 11.3 Å². The van der Waals surface area contributed by atoms with Gasteiger partial charge in [-0.2, -0.15) is 0 Å². The largest absolute Gasteiger partial charge is 0.388 e. The summed E-state index contributed by atoms with van der Waals surface area (Å²) < 4.78 is 13.0. The summed E-state index contributed by atoms with van der Waals surface area (Å²) in [4.78, 5) is 1.35. The summed E-state index contributed by atoms with van der Waals surface area (Å²) >= 11 is 1.74. The second-order valence-electron chi connectivity index (χ2n) is 4.49. The summed E-state index contributed by atoms with van der Waals surface area (Å²) in [5.41, 5.74) is 1.65. The van der Waals surface area contributed by atoms with Crippen LogP contribution in [-0.2, 0) is 6.42 Å². The van der Waals surface area contributed by atoms with Gasteiger partial charge in [0.2, 0.25) is 0 Å². The Morgan fingerprint density at radius 1 is 1.33 bits per heavy atom. The highest BCUT2D eigenvalue weighted by atomic mass is 32.1. The lowest BCUT2D eigenvalue weighted by Crippen LogP contribution is -2.01. The van der Waals surface area contributed by atoms with Crippen molar-refractivity contribution in [3.8, 4) is 0 Å². The Morgan fingerprint density at radius 2 is 2.17 bits per heavy atom. The smallest absolute Gasteiger partial charge is 0.123 e. The maximum absolute atomic E-state index is 13.0. The highest BCUT2D eigenvalue weighted by Crippen LogP contribution is 2.24. The van der Waals surface area contributed by atoms with E-state index in [1.807, 2.05) is 13.0 Å². The van der Waals surface area contributed by atoms with Crippen LogP contribution in [0.2, 0.25) is 0 Å². The zero-order valence-corrected chi connectivity index (χ0v) is 11.2. The zero-order chi connectivity index (χ0) is 13.0. The minimum absolute atomic E-state index is 0.248. The van der Waals surface area contributed by atoms with Crippen LogP contribution < -0.4 is 0 Å². The highest BCUT2D eigenvalue weighted by Gasteiger charge is 2.10. The van der Waals surface area contributed by atoms with Crippen LogP contribution in [0.15, 0.2) is 35.7 Å². The monoisotopic (exact) mass is 264 g/mol. The summed E-state index contributed by atoms with van der Waals surface area (Å²) in [7, 11) is 0. The molecule has 0 saturated heterocycles. The van der Waals surface area contributed by atoms with Gasteiger partial charge in [0.05, 0.1) is 6.10 Å². The van der Waals surface area contributed by atoms with E-state index < -0.39 is 6.10 Å². The molecule has 1 unspecified atom stereocenters. The number of aryl methyl sites for hydroxylation is 2. The average molecular weight is 264 g/mol. The standard InChI is InChI=1S/C15H17FOS/c1-11-10-12(16)7-8-14(11)15(17)6-2-4-13-5-3-9-18-13/h3,5,7-10,15,17H,2,4,6H2,1H3. The van der Waals surface area contributed by atoms with Crippen LogP contribution in [-0.4, -0.2) is 5.11 Å². The van der Waals surface area contributed by atoms with Gasteiger partial charge in [0.15, 0.2) is 0 Å². The van der Waals surface area contributed by atoms with Crippen LogP contribution in [0.5, 0.6) is 0 Å². The lowest BCUT2D eigenvalue weighted by molar-refractivity contribution is 0.164. The molecule has 0 aliphatic rings. The first-order chi connectivity index (χ1) is 8.66. The quantitative estimate of drug-likeness (QED) is 0.856. The van der Waals surface area contributed by atoms with Crippen LogP contribution in [0.3, 0.4) is 0 Å². The second kappa shape index (κ2) is 6.12. The summed E-state index contributed by atoms with van der Waals surface area (Å²) in [6.07, 6.45) is 2.16. The van der Waals surface area contributed by atoms with E-state index in [1.54, 1.807) is 17.4 Å². The van der Waals surface area contributed by atoms with Crippen molar-refractivity contribution in [2.24, 2.45) is 0 Å². The molecule has 0 radical (unpaired) electrons. The molecular weight excluding hydrogens is 247 g/mol. The Labute approximate surface area is 111 Å². The van der Waals surface area contributed by atoms with Gasteiger partial charge in [-0.3, -0.25) is 0 Å². The van der Waals surface area contributed by atoms with Crippen molar-refractivity contribution in [3.05, 3.63) is 57.5 Å². The van der Waals surface area contributed by atoms with Crippen molar-refractivity contribution >= 4 is 11.3 Å². The molecule has 2 rings (SSSR count). The normalized spacial score (nSPS) is 12.6. The van der Waals surface area contributed by atoms with E-state index in [2.05, 4.69) is 11.4 Å². The first-order valence-corrected chi connectivity index (χ1v) is 7.01. The van der Waals surface area contributed by atoms with E-state index >= 15 is 0 Å². The lowest BCUT2D eigenvalue weighted by atomic mass is 9.99. The predicted molar refractivity (Wildman–Crippen MR) is 73.4 cm³/mol. The Balaban J connectivity index is 1.89. The first-order valence-electron chi connectivity index (χ1n) is 6.13. The molecule has 0 bridgehead atoms. The van der Waals surface area contributed by atoms with Crippen molar-refractivity contribution in [1.29, 1.82) is 0 Å². The Morgan fingerprint density at radius 3 is 2.83 bits per heavy atom. The molecule has 2 aromatic rings. The third-order valence-electron chi connectivity index (χ3n) is 3.07. The van der Waals surface area contributed by atoms with E-state index in [-0.39, 0.29) is 5.82 Å². The first kappa shape index (κ1) is 13.2. The molecule has 3 heteroatoms. The highest BCUT2D eigenvalue weighted by molar-refractivity contribution is 7.09. The minimum Gasteiger partial charge on any atom is -0.388 e. The molecular formula is C15H17FOS. The Hall–Kier alpha value is -1.19. The maximum Gasteiger partial charge on any atom is 0.123 e. The third-order valence-corrected chi connectivity index (χ3v) is 4.01. The minimum atomic E-state index is -0.495. The van der Waals surface area contributed by atoms with Crippen LogP contribution in [0, 0.1) is 12.7 Å². The predicted octanol–water partition coefficient (Wildman–Crippen LogP) is 4.25. The van der Waals surface area contributed by atoms with E-state index in [0.29, 0.717) is 6.42 Å². The summed E-state index contributed by atoms with van der Waals surface area (Å²) in [6.45, 7) is 1.83. The fraction of sp³-hybridized carbons (Fsp3) is 0.333. The summed E-state index contributed by atoms with van der Waals surface area (Å²) in [5, 5.41) is 12.2. The molecule has 0 spiro atoms. The molecule has 18 heavy (non-hydrogen) atoms. The molecule has 1 N–H and O–H groups in total. The van der Waals surface area contributed by atoms with Gasteiger partial charge in [-0.25, -0.2) is 4.39 Å². The molecule has 0 amide bonds. The van der Waals surface area contributed by atoms with Crippen molar-refractivity contribution in [2.45, 2.75) is 32.3 Å². The second-order valence-corrected chi connectivity index (χ2v) is 5.52. The topological polar surface area (TPSA) is 20.2 Å². The number of hydrogen-bond acceptors (Lipinski definition) is 2. The lowest BCUT2D eigenvalue weighted by Gasteiger charge is -2.13. The van der Waals surface area contributed by atoms with Crippen LogP contribution in [0.1, 0.15) is 34.9 Å². The Bertz CT molecular complexity index is 493. The number of aliphatic hydroxyl groups excluding tert-OH is 1. The van der Waals surface area contributed by atoms with E-state index in [9.17, 15) is 9.50 Å². The summed E-state index contributed by atoms with van der Waals surface area (Å²) in [6, 6.07) is 8.71. The van der Waals surface area contributed by atoms with Crippen LogP contribution in [0.25, 0.3) is 0 Å². The van der Waals surface area contributed by atoms with Gasteiger partial charge in [0.25, 0.3) is 0 Å². The molecule has 1 atom stereocenters. The Kier molecular flexibility index (Phi) is 4.50. The van der Waals surface area contributed by atoms with Gasteiger partial charge in [0.1, 0.15) is 5.82 Å². The SMILES string of the molecule is Cc1cc(F)ccc1C(O)CCCc1cccs1. The van der Waals surface area contributed by atoms with Crippen molar-refractivity contribution in [1.82, 2.24) is 0 Å². The fourth-order valence-electron chi connectivity index (χ4n) is 2.09. The molecule has 1 heterocycles. The maximum atomic E-state index is 13.0. The van der Waals surface area contributed by atoms with E-state index in [1.165, 1.54) is 17.0 Å². The van der Waals surface area contributed by atoms with Crippen molar-refractivity contribution in [2.75, 3.05) is 0 Å². The number of rotatable bonds is 5. The molecule has 1 aromatic carbocycles. The number of halogens is 1. The van der Waals surface area contributed by atoms with Gasteiger partial charge in [0, 0.05) is 4.88 Å². The van der Waals surface area contributed by atoms with E-state index in [0.717, 1.165) is 24.0 Å². The number of hydrogen-bond donors (Lipinski definition) is 1. The summed E-state index contributed by atoms with van der Waals surface area (Å²) in [5.74, 6) is -0.248. The molecule has 1 aromatic heterocycles. The van der Waals surface area contributed by atoms with Crippen LogP contribution in [0.4, 0.5) is 4.39 Å². The average Bonchev–Trinajstić information content (AvgIpc) is 2.81. The van der Waals surface area contributed by atoms with Crippen molar-refractivity contribution < 1.29 is 9.50 Å². The van der Waals surface area contributed by atoms with Gasteiger partial charge >= 0.3 is 0 Å². The molecule has 1 nitrogen and oxygen atoms in total. The number of benzene rings is 1. The molecule has 0 aliphatic carbocycles. The molecule has 0 saturated carbocycles. The van der Waals surface area contributed by atoms with E-state index in [4.69, 9.17) is 0 Å². The van der Waals surface area contributed by atoms with Gasteiger partial charge in [-0.1, -0.05) is 12.1 Å². The number of aliphatic hydroxyl groups is 1. The number of thiophene rings is 1. The molecule has 96 valence electrons. The van der Waals surface area contributed by atoms with Crippen molar-refractivity contribution in [3.63, 3.8) is 0 Å². The van der Waals surface area contributed by atoms with Gasteiger partial charge in [-0.05, 0) is 60.9 Å². The molecule has 0 fully saturated rings.